The van der Waals surface area contributed by atoms with Crippen LogP contribution in [-0.4, -0.2) is 11.9 Å². The molecule has 4 nitrogen and oxygen atoms in total. The molecule has 0 aliphatic heterocycles. The number of carbonyl (C=O) groups is 2. The standard InChI is InChI=1S/2C26H52O2.2Ag/c2*1-2-3-4-5-6-7-8-9-10-11-12-13-14-15-16-17-18-19-20-21-22-23-24-25-26(27)28;;/h2*2-25H2,1H3,(H,27,28);;/q;;2*+1/p-2. The molecule has 0 aromatic carbocycles. The smallest absolute Gasteiger partial charge is 0.550 e. The molecule has 0 radical (unpaired) electrons. The summed E-state index contributed by atoms with van der Waals surface area (Å²) in [7, 11) is 0. The van der Waals surface area contributed by atoms with Crippen LogP contribution in [0.3, 0.4) is 0 Å². The zero-order valence-corrected chi connectivity index (χ0v) is 42.1. The molecule has 0 unspecified atom stereocenters. The van der Waals surface area contributed by atoms with Gasteiger partial charge in [0.2, 0.25) is 0 Å². The van der Waals surface area contributed by atoms with E-state index in [1.165, 1.54) is 270 Å². The molecule has 0 saturated carbocycles. The summed E-state index contributed by atoms with van der Waals surface area (Å²) in [6.07, 6.45) is 63.3. The summed E-state index contributed by atoms with van der Waals surface area (Å²) in [6, 6.07) is 0. The predicted molar refractivity (Wildman–Crippen MR) is 243 cm³/mol. The van der Waals surface area contributed by atoms with Crippen molar-refractivity contribution in [2.24, 2.45) is 0 Å². The van der Waals surface area contributed by atoms with Gasteiger partial charge in [-0.15, -0.1) is 0 Å². The van der Waals surface area contributed by atoms with Crippen molar-refractivity contribution < 1.29 is 64.6 Å². The SMILES string of the molecule is CCCCCCCCCCCCCCCCCCCCCCCCCC(=O)[O-].CCCCCCCCCCCCCCCCCCCCCCCCCC(=O)[O-].[Ag+].[Ag+]. The Hall–Kier alpha value is 0.421. The molecular weight excluding hydrogens is 904 g/mol. The van der Waals surface area contributed by atoms with Crippen LogP contribution in [0.4, 0.5) is 0 Å². The Morgan fingerprint density at radius 2 is 0.328 bits per heavy atom. The second kappa shape index (κ2) is 61.7. The van der Waals surface area contributed by atoms with E-state index in [2.05, 4.69) is 13.8 Å². The summed E-state index contributed by atoms with van der Waals surface area (Å²) >= 11 is 0. The van der Waals surface area contributed by atoms with Crippen molar-refractivity contribution in [3.63, 3.8) is 0 Å². The molecule has 0 bridgehead atoms. The molecule has 0 aliphatic carbocycles. The van der Waals surface area contributed by atoms with Crippen LogP contribution < -0.4 is 10.2 Å². The van der Waals surface area contributed by atoms with E-state index < -0.39 is 11.9 Å². The predicted octanol–water partition coefficient (Wildman–Crippen LogP) is 16.2. The van der Waals surface area contributed by atoms with E-state index in [0.717, 1.165) is 25.7 Å². The first-order valence-corrected chi connectivity index (χ1v) is 25.9. The van der Waals surface area contributed by atoms with Crippen LogP contribution in [0.5, 0.6) is 0 Å². The molecule has 0 aromatic rings. The maximum Gasteiger partial charge on any atom is 1.00 e. The third-order valence-electron chi connectivity index (χ3n) is 12.0. The molecule has 0 saturated heterocycles. The second-order valence-electron chi connectivity index (χ2n) is 17.8. The first-order chi connectivity index (χ1) is 27.5. The Bertz CT molecular complexity index is 674. The van der Waals surface area contributed by atoms with Crippen LogP contribution in [-0.2, 0) is 54.3 Å². The third-order valence-corrected chi connectivity index (χ3v) is 12.0. The van der Waals surface area contributed by atoms with Crippen LogP contribution in [0.1, 0.15) is 322 Å². The van der Waals surface area contributed by atoms with Gasteiger partial charge in [0.1, 0.15) is 0 Å². The van der Waals surface area contributed by atoms with Gasteiger partial charge in [-0.1, -0.05) is 296 Å². The summed E-state index contributed by atoms with van der Waals surface area (Å²) in [6.45, 7) is 4.58. The average molecular weight is 1010 g/mol. The maximum absolute atomic E-state index is 10.3. The maximum atomic E-state index is 10.3. The van der Waals surface area contributed by atoms with Crippen LogP contribution in [0, 0.1) is 0 Å². The second-order valence-corrected chi connectivity index (χ2v) is 17.8. The van der Waals surface area contributed by atoms with E-state index in [1.807, 2.05) is 0 Å². The zero-order valence-electron chi connectivity index (χ0n) is 39.2. The van der Waals surface area contributed by atoms with E-state index in [-0.39, 0.29) is 57.6 Å². The van der Waals surface area contributed by atoms with Gasteiger partial charge < -0.3 is 19.8 Å². The number of carboxylic acid groups (broad SMARTS) is 2. The van der Waals surface area contributed by atoms with Gasteiger partial charge in [0.25, 0.3) is 0 Å². The molecule has 356 valence electrons. The fourth-order valence-corrected chi connectivity index (χ4v) is 8.11. The van der Waals surface area contributed by atoms with Crippen molar-refractivity contribution in [3.8, 4) is 0 Å². The van der Waals surface area contributed by atoms with Gasteiger partial charge >= 0.3 is 44.8 Å². The Morgan fingerprint density at radius 3 is 0.431 bits per heavy atom. The molecule has 0 fully saturated rings. The number of unbranched alkanes of at least 4 members (excludes halogenated alkanes) is 44. The third kappa shape index (κ3) is 68.2. The Morgan fingerprint density at radius 1 is 0.224 bits per heavy atom. The number of hydrogen-bond donors (Lipinski definition) is 0. The van der Waals surface area contributed by atoms with Crippen molar-refractivity contribution in [1.29, 1.82) is 0 Å². The van der Waals surface area contributed by atoms with Gasteiger partial charge in [-0.25, -0.2) is 0 Å². The quantitative estimate of drug-likeness (QED) is 0.0449. The number of hydrogen-bond acceptors (Lipinski definition) is 4. The summed E-state index contributed by atoms with van der Waals surface area (Å²) in [5, 5.41) is 20.6. The Balaban J connectivity index is -0.000000486. The van der Waals surface area contributed by atoms with Gasteiger partial charge in [-0.3, -0.25) is 0 Å². The molecule has 6 heteroatoms. The van der Waals surface area contributed by atoms with Crippen molar-refractivity contribution in [2.45, 2.75) is 322 Å². The molecule has 0 amide bonds. The van der Waals surface area contributed by atoms with Crippen molar-refractivity contribution in [1.82, 2.24) is 0 Å². The molecule has 0 rings (SSSR count). The van der Waals surface area contributed by atoms with Gasteiger partial charge in [0.15, 0.2) is 0 Å². The van der Waals surface area contributed by atoms with Gasteiger partial charge in [-0.05, 0) is 25.7 Å². The minimum atomic E-state index is -0.900. The van der Waals surface area contributed by atoms with Crippen molar-refractivity contribution >= 4 is 11.9 Å². The monoisotopic (exact) mass is 1000 g/mol. The minimum Gasteiger partial charge on any atom is -0.550 e. The number of carboxylic acids is 2. The van der Waals surface area contributed by atoms with E-state index in [1.54, 1.807) is 0 Å². The van der Waals surface area contributed by atoms with E-state index in [9.17, 15) is 19.8 Å². The van der Waals surface area contributed by atoms with E-state index >= 15 is 0 Å². The largest absolute Gasteiger partial charge is 1.00 e. The molecule has 0 aliphatic rings. The summed E-state index contributed by atoms with van der Waals surface area (Å²) in [5.41, 5.74) is 0. The fraction of sp³-hybridized carbons (Fsp3) is 0.962. The van der Waals surface area contributed by atoms with Crippen molar-refractivity contribution in [3.05, 3.63) is 0 Å². The summed E-state index contributed by atoms with van der Waals surface area (Å²) in [5.74, 6) is -1.80. The fourth-order valence-electron chi connectivity index (χ4n) is 8.11. The molecule has 0 spiro atoms. The van der Waals surface area contributed by atoms with E-state index in [4.69, 9.17) is 0 Å². The molecule has 0 N–H and O–H groups in total. The van der Waals surface area contributed by atoms with Crippen LogP contribution in [0.25, 0.3) is 0 Å². The normalized spacial score (nSPS) is 10.8. The Labute approximate surface area is 396 Å². The average Bonchev–Trinajstić information content (AvgIpc) is 3.18. The number of aliphatic carboxylic acids is 2. The van der Waals surface area contributed by atoms with Gasteiger partial charge in [0.05, 0.1) is 0 Å². The van der Waals surface area contributed by atoms with E-state index in [0.29, 0.717) is 0 Å². The van der Waals surface area contributed by atoms with Gasteiger partial charge in [0, 0.05) is 11.9 Å². The number of carbonyl (C=O) groups excluding carboxylic acids is 2. The summed E-state index contributed by atoms with van der Waals surface area (Å²) in [4.78, 5) is 20.6. The molecule has 0 aromatic heterocycles. The van der Waals surface area contributed by atoms with Crippen LogP contribution in [0.15, 0.2) is 0 Å². The van der Waals surface area contributed by atoms with Crippen LogP contribution >= 0.6 is 0 Å². The first kappa shape index (κ1) is 65.0. The minimum absolute atomic E-state index is 0. The molecular formula is C52H102Ag2O4. The molecule has 0 atom stereocenters. The number of rotatable bonds is 48. The van der Waals surface area contributed by atoms with Crippen molar-refractivity contribution in [2.75, 3.05) is 0 Å². The summed E-state index contributed by atoms with van der Waals surface area (Å²) < 4.78 is 0. The zero-order chi connectivity index (χ0) is 41.1. The molecule has 0 heterocycles. The first-order valence-electron chi connectivity index (χ1n) is 25.9. The Kier molecular flexibility index (Phi) is 69.2. The van der Waals surface area contributed by atoms with Crippen LogP contribution in [0.2, 0.25) is 0 Å². The molecule has 58 heavy (non-hydrogen) atoms. The topological polar surface area (TPSA) is 80.3 Å². The van der Waals surface area contributed by atoms with Gasteiger partial charge in [-0.2, -0.15) is 0 Å².